The normalized spacial score (nSPS) is 14.2. The average molecular weight is 373 g/mol. The van der Waals surface area contributed by atoms with E-state index in [0.29, 0.717) is 0 Å². The molecule has 2 aromatic rings. The quantitative estimate of drug-likeness (QED) is 0.258. The van der Waals surface area contributed by atoms with Gasteiger partial charge in [-0.1, -0.05) is 112 Å². The number of allylic oxidation sites excluding steroid dienone is 3. The summed E-state index contributed by atoms with van der Waals surface area (Å²) in [6.07, 6.45) is 19.9. The highest BCUT2D eigenvalue weighted by molar-refractivity contribution is 5.81. The maximum atomic E-state index is 4.09. The van der Waals surface area contributed by atoms with E-state index >= 15 is 0 Å². The molecule has 0 N–H and O–H groups in total. The van der Waals surface area contributed by atoms with Crippen LogP contribution >= 0.6 is 0 Å². The summed E-state index contributed by atoms with van der Waals surface area (Å²) in [5.74, 6) is 0. The highest BCUT2D eigenvalue weighted by Gasteiger charge is 2.40. The Morgan fingerprint density at radius 2 is 1.29 bits per heavy atom. The maximum Gasteiger partial charge on any atom is 0.0283 e. The zero-order chi connectivity index (χ0) is 19.7. The van der Waals surface area contributed by atoms with Gasteiger partial charge in [0.05, 0.1) is 0 Å². The fraction of sp³-hybridized carbons (Fsp3) is 0.429. The van der Waals surface area contributed by atoms with Crippen molar-refractivity contribution in [2.75, 3.05) is 0 Å². The lowest BCUT2D eigenvalue weighted by Gasteiger charge is -2.30. The zero-order valence-corrected chi connectivity index (χ0v) is 17.6. The van der Waals surface area contributed by atoms with Crippen LogP contribution in [-0.4, -0.2) is 0 Å². The van der Waals surface area contributed by atoms with E-state index in [1.54, 1.807) is 0 Å². The summed E-state index contributed by atoms with van der Waals surface area (Å²) in [7, 11) is 0. The Labute approximate surface area is 172 Å². The number of unbranched alkanes of at least 4 members (excludes halogenated alkanes) is 7. The highest BCUT2D eigenvalue weighted by atomic mass is 14.4. The number of hydrogen-bond acceptors (Lipinski definition) is 0. The Morgan fingerprint density at radius 1 is 0.714 bits per heavy atom. The van der Waals surface area contributed by atoms with Crippen molar-refractivity contribution in [2.24, 2.45) is 0 Å². The smallest absolute Gasteiger partial charge is 0.0283 e. The van der Waals surface area contributed by atoms with Gasteiger partial charge in [-0.3, -0.25) is 0 Å². The first-order valence-electron chi connectivity index (χ1n) is 11.3. The van der Waals surface area contributed by atoms with Crippen molar-refractivity contribution in [3.8, 4) is 11.1 Å². The van der Waals surface area contributed by atoms with Gasteiger partial charge in [0.1, 0.15) is 0 Å². The lowest BCUT2D eigenvalue weighted by atomic mass is 9.73. The van der Waals surface area contributed by atoms with Crippen molar-refractivity contribution in [1.82, 2.24) is 0 Å². The van der Waals surface area contributed by atoms with Crippen LogP contribution in [0.4, 0.5) is 0 Å². The van der Waals surface area contributed by atoms with E-state index < -0.39 is 0 Å². The van der Waals surface area contributed by atoms with Gasteiger partial charge < -0.3 is 0 Å². The lowest BCUT2D eigenvalue weighted by Crippen LogP contribution is -2.23. The van der Waals surface area contributed by atoms with Gasteiger partial charge in [0.15, 0.2) is 0 Å². The van der Waals surface area contributed by atoms with Crippen LogP contribution in [-0.2, 0) is 5.41 Å². The molecule has 0 heteroatoms. The molecular formula is C28H36. The fourth-order valence-electron chi connectivity index (χ4n) is 4.81. The van der Waals surface area contributed by atoms with Crippen molar-refractivity contribution >= 4 is 0 Å². The van der Waals surface area contributed by atoms with Gasteiger partial charge in [-0.15, -0.1) is 6.58 Å². The van der Waals surface area contributed by atoms with E-state index in [0.717, 1.165) is 12.8 Å². The second-order valence-electron chi connectivity index (χ2n) is 8.25. The third kappa shape index (κ3) is 4.49. The number of fused-ring (bicyclic) bond motifs is 3. The molecule has 0 spiro atoms. The van der Waals surface area contributed by atoms with Crippen LogP contribution in [0.15, 0.2) is 73.3 Å². The van der Waals surface area contributed by atoms with E-state index in [4.69, 9.17) is 0 Å². The Balaban J connectivity index is 1.64. The summed E-state index contributed by atoms with van der Waals surface area (Å²) < 4.78 is 0. The van der Waals surface area contributed by atoms with Crippen LogP contribution in [0.1, 0.15) is 82.3 Å². The van der Waals surface area contributed by atoms with E-state index in [2.05, 4.69) is 80.3 Å². The van der Waals surface area contributed by atoms with Gasteiger partial charge in [-0.2, -0.15) is 0 Å². The zero-order valence-electron chi connectivity index (χ0n) is 17.6. The van der Waals surface area contributed by atoms with Gasteiger partial charge in [0.2, 0.25) is 0 Å². The van der Waals surface area contributed by atoms with Crippen LogP contribution in [0.3, 0.4) is 0 Å². The predicted octanol–water partition coefficient (Wildman–Crippen LogP) is 8.62. The van der Waals surface area contributed by atoms with Crippen molar-refractivity contribution in [2.45, 2.75) is 76.5 Å². The third-order valence-electron chi connectivity index (χ3n) is 6.28. The maximum absolute atomic E-state index is 4.09. The first-order chi connectivity index (χ1) is 13.8. The fourth-order valence-corrected chi connectivity index (χ4v) is 4.81. The van der Waals surface area contributed by atoms with Crippen molar-refractivity contribution in [3.05, 3.63) is 84.5 Å². The van der Waals surface area contributed by atoms with Crippen LogP contribution in [0, 0.1) is 0 Å². The molecule has 0 atom stereocenters. The van der Waals surface area contributed by atoms with E-state index in [1.165, 1.54) is 73.6 Å². The Morgan fingerprint density at radius 3 is 1.89 bits per heavy atom. The molecule has 0 heterocycles. The largest absolute Gasteiger partial charge is 0.103 e. The molecule has 1 aliphatic carbocycles. The molecule has 0 amide bonds. The summed E-state index contributed by atoms with van der Waals surface area (Å²) in [6.45, 7) is 6.37. The topological polar surface area (TPSA) is 0 Å². The molecule has 0 radical (unpaired) electrons. The first kappa shape index (κ1) is 20.6. The van der Waals surface area contributed by atoms with Gasteiger partial charge in [-0.05, 0) is 47.9 Å². The van der Waals surface area contributed by atoms with Gasteiger partial charge in [0, 0.05) is 5.41 Å². The van der Waals surface area contributed by atoms with E-state index in [9.17, 15) is 0 Å². The molecule has 1 aliphatic rings. The molecule has 0 unspecified atom stereocenters. The van der Waals surface area contributed by atoms with Crippen molar-refractivity contribution < 1.29 is 0 Å². The second-order valence-corrected chi connectivity index (χ2v) is 8.25. The van der Waals surface area contributed by atoms with E-state index in [-0.39, 0.29) is 5.41 Å². The molecule has 148 valence electrons. The SMILES string of the molecule is C=CCC1(CC=CCCCCCCCCC)c2ccccc2-c2ccccc21. The lowest BCUT2D eigenvalue weighted by molar-refractivity contribution is 0.541. The molecule has 0 saturated heterocycles. The van der Waals surface area contributed by atoms with Crippen LogP contribution < -0.4 is 0 Å². The predicted molar refractivity (Wildman–Crippen MR) is 124 cm³/mol. The summed E-state index contributed by atoms with van der Waals surface area (Å²) in [5, 5.41) is 0. The van der Waals surface area contributed by atoms with Crippen LogP contribution in [0.2, 0.25) is 0 Å². The number of rotatable bonds is 12. The first-order valence-corrected chi connectivity index (χ1v) is 11.3. The third-order valence-corrected chi connectivity index (χ3v) is 6.28. The molecule has 0 nitrogen and oxygen atoms in total. The molecule has 3 rings (SSSR count). The molecule has 2 aromatic carbocycles. The van der Waals surface area contributed by atoms with Crippen molar-refractivity contribution in [3.63, 3.8) is 0 Å². The molecule has 0 fully saturated rings. The average Bonchev–Trinajstić information content (AvgIpc) is 3.00. The molecule has 0 aromatic heterocycles. The highest BCUT2D eigenvalue weighted by Crippen LogP contribution is 2.52. The summed E-state index contributed by atoms with van der Waals surface area (Å²) >= 11 is 0. The molecule has 0 bridgehead atoms. The summed E-state index contributed by atoms with van der Waals surface area (Å²) in [4.78, 5) is 0. The molecule has 0 aliphatic heterocycles. The monoisotopic (exact) mass is 372 g/mol. The van der Waals surface area contributed by atoms with Gasteiger partial charge in [-0.25, -0.2) is 0 Å². The number of hydrogen-bond donors (Lipinski definition) is 0. The summed E-state index contributed by atoms with van der Waals surface area (Å²) in [6, 6.07) is 17.9. The minimum absolute atomic E-state index is 0.0472. The Bertz CT molecular complexity index is 735. The minimum Gasteiger partial charge on any atom is -0.103 e. The van der Waals surface area contributed by atoms with Gasteiger partial charge in [0.25, 0.3) is 0 Å². The summed E-state index contributed by atoms with van der Waals surface area (Å²) in [5.41, 5.74) is 5.79. The molecular weight excluding hydrogens is 336 g/mol. The number of benzene rings is 2. The minimum atomic E-state index is 0.0472. The van der Waals surface area contributed by atoms with Crippen LogP contribution in [0.5, 0.6) is 0 Å². The second kappa shape index (κ2) is 10.5. The van der Waals surface area contributed by atoms with Gasteiger partial charge >= 0.3 is 0 Å². The standard InChI is InChI=1S/C28H36/c1-3-5-6-7-8-9-10-11-12-17-23-28(22-4-2)26-20-15-13-18-24(26)25-19-14-16-21-27(25)28/h4,12-21H,2-3,5-11,22-23H2,1H3. The molecule has 0 saturated carbocycles. The Kier molecular flexibility index (Phi) is 7.71. The molecule has 28 heavy (non-hydrogen) atoms. The Hall–Kier alpha value is -2.08. The van der Waals surface area contributed by atoms with Crippen LogP contribution in [0.25, 0.3) is 11.1 Å². The van der Waals surface area contributed by atoms with Crippen molar-refractivity contribution in [1.29, 1.82) is 0 Å². The van der Waals surface area contributed by atoms with E-state index in [1.807, 2.05) is 0 Å².